The number of rotatable bonds is 5. The van der Waals surface area contributed by atoms with Crippen LogP contribution in [-0.4, -0.2) is 24.5 Å². The molecule has 134 valence electrons. The minimum Gasteiger partial charge on any atom is -0.296 e. The molecule has 0 bridgehead atoms. The van der Waals surface area contributed by atoms with Gasteiger partial charge in [-0.2, -0.15) is 8.42 Å². The maximum Gasteiger partial charge on any atom is 0.291 e. The van der Waals surface area contributed by atoms with Crippen molar-refractivity contribution in [3.05, 3.63) is 65.2 Å². The second-order valence-electron chi connectivity index (χ2n) is 5.57. The molecule has 0 atom stereocenters. The maximum atomic E-state index is 12.6. The molecular formula is C17H16N4O3S2. The third-order valence-electron chi connectivity index (χ3n) is 3.61. The van der Waals surface area contributed by atoms with Gasteiger partial charge >= 0.3 is 0 Å². The number of anilines is 2. The highest BCUT2D eigenvalue weighted by Crippen LogP contribution is 2.26. The number of hydrogen-bond acceptors (Lipinski definition) is 6. The number of para-hydroxylation sites is 1. The van der Waals surface area contributed by atoms with E-state index in [-0.39, 0.29) is 15.4 Å². The Bertz CT molecular complexity index is 1030. The van der Waals surface area contributed by atoms with Crippen LogP contribution in [0.25, 0.3) is 0 Å². The molecule has 0 aliphatic heterocycles. The summed E-state index contributed by atoms with van der Waals surface area (Å²) in [5.74, 6) is -0.381. The van der Waals surface area contributed by atoms with E-state index < -0.39 is 10.0 Å². The Hall–Kier alpha value is -2.78. The van der Waals surface area contributed by atoms with Gasteiger partial charge in [0.15, 0.2) is 0 Å². The average molecular weight is 388 g/mol. The summed E-state index contributed by atoms with van der Waals surface area (Å²) in [7, 11) is -3.89. The molecule has 0 radical (unpaired) electrons. The normalized spacial score (nSPS) is 11.2. The Balaban J connectivity index is 1.79. The van der Waals surface area contributed by atoms with E-state index in [1.165, 1.54) is 0 Å². The number of carbonyl (C=O) groups is 1. The van der Waals surface area contributed by atoms with Crippen molar-refractivity contribution in [3.8, 4) is 0 Å². The summed E-state index contributed by atoms with van der Waals surface area (Å²) in [4.78, 5) is 12.1. The molecular weight excluding hydrogens is 372 g/mol. The third-order valence-corrected chi connectivity index (χ3v) is 6.17. The van der Waals surface area contributed by atoms with Gasteiger partial charge in [0.1, 0.15) is 0 Å². The van der Waals surface area contributed by atoms with Crippen molar-refractivity contribution in [2.45, 2.75) is 18.2 Å². The van der Waals surface area contributed by atoms with Gasteiger partial charge in [0, 0.05) is 5.56 Å². The summed E-state index contributed by atoms with van der Waals surface area (Å²) < 4.78 is 27.4. The van der Waals surface area contributed by atoms with E-state index in [0.29, 0.717) is 11.3 Å². The van der Waals surface area contributed by atoms with Gasteiger partial charge in [0.05, 0.1) is 5.69 Å². The molecule has 0 saturated heterocycles. The predicted molar refractivity (Wildman–Crippen MR) is 101 cm³/mol. The number of nitrogens with one attached hydrogen (secondary N) is 2. The first-order valence-electron chi connectivity index (χ1n) is 7.66. The Labute approximate surface area is 155 Å². The standard InChI is InChI=1S/C17H16N4O3S2/c1-11-7-6-8-12(2)14(11)21-26(23,24)17-20-19-16(25-17)18-15(22)13-9-4-3-5-10-13/h3-10,21H,1-2H3,(H,18,19,22). The minimum atomic E-state index is -3.89. The van der Waals surface area contributed by atoms with Gasteiger partial charge in [-0.25, -0.2) is 0 Å². The lowest BCUT2D eigenvalue weighted by atomic mass is 10.1. The van der Waals surface area contributed by atoms with Gasteiger partial charge in [0.2, 0.25) is 5.13 Å². The molecule has 7 nitrogen and oxygen atoms in total. The molecule has 1 heterocycles. The molecule has 0 spiro atoms. The molecule has 1 aromatic heterocycles. The molecule has 0 saturated carbocycles. The number of benzene rings is 2. The van der Waals surface area contributed by atoms with Crippen molar-refractivity contribution in [1.82, 2.24) is 10.2 Å². The van der Waals surface area contributed by atoms with Crippen LogP contribution in [0.3, 0.4) is 0 Å². The van der Waals surface area contributed by atoms with Crippen LogP contribution in [0.2, 0.25) is 0 Å². The van der Waals surface area contributed by atoms with Gasteiger partial charge in [-0.1, -0.05) is 47.7 Å². The second kappa shape index (κ2) is 7.22. The summed E-state index contributed by atoms with van der Waals surface area (Å²) in [5.41, 5.74) is 2.56. The molecule has 3 rings (SSSR count). The zero-order valence-corrected chi connectivity index (χ0v) is 15.7. The first kappa shape index (κ1) is 18.0. The van der Waals surface area contributed by atoms with Crippen molar-refractivity contribution in [2.24, 2.45) is 0 Å². The van der Waals surface area contributed by atoms with Crippen LogP contribution < -0.4 is 10.0 Å². The molecule has 1 amide bonds. The Kier molecular flexibility index (Phi) is 5.01. The summed E-state index contributed by atoms with van der Waals surface area (Å²) in [6.07, 6.45) is 0. The van der Waals surface area contributed by atoms with Gasteiger partial charge < -0.3 is 0 Å². The molecule has 26 heavy (non-hydrogen) atoms. The lowest BCUT2D eigenvalue weighted by Gasteiger charge is -2.11. The van der Waals surface area contributed by atoms with E-state index in [1.54, 1.807) is 30.3 Å². The lowest BCUT2D eigenvalue weighted by molar-refractivity contribution is 0.102. The number of aromatic nitrogens is 2. The first-order valence-corrected chi connectivity index (χ1v) is 9.96. The van der Waals surface area contributed by atoms with Crippen LogP contribution in [0.15, 0.2) is 52.9 Å². The molecule has 9 heteroatoms. The summed E-state index contributed by atoms with van der Waals surface area (Å²) >= 11 is 0.789. The number of sulfonamides is 1. The monoisotopic (exact) mass is 388 g/mol. The molecule has 0 unspecified atom stereocenters. The fourth-order valence-electron chi connectivity index (χ4n) is 2.28. The van der Waals surface area contributed by atoms with E-state index in [1.807, 2.05) is 32.0 Å². The van der Waals surface area contributed by atoms with E-state index in [0.717, 1.165) is 22.5 Å². The Morgan fingerprint density at radius 2 is 1.62 bits per heavy atom. The van der Waals surface area contributed by atoms with Crippen LogP contribution in [0, 0.1) is 13.8 Å². The van der Waals surface area contributed by atoms with Gasteiger partial charge in [0.25, 0.3) is 20.3 Å². The predicted octanol–water partition coefficient (Wildman–Crippen LogP) is 3.21. The molecule has 0 fully saturated rings. The fourth-order valence-corrected chi connectivity index (χ4v) is 4.38. The van der Waals surface area contributed by atoms with E-state index >= 15 is 0 Å². The second-order valence-corrected chi connectivity index (χ2v) is 8.40. The van der Waals surface area contributed by atoms with Crippen LogP contribution in [-0.2, 0) is 10.0 Å². The lowest BCUT2D eigenvalue weighted by Crippen LogP contribution is -2.14. The van der Waals surface area contributed by atoms with Crippen molar-refractivity contribution in [3.63, 3.8) is 0 Å². The van der Waals surface area contributed by atoms with Crippen molar-refractivity contribution in [1.29, 1.82) is 0 Å². The van der Waals surface area contributed by atoms with E-state index in [9.17, 15) is 13.2 Å². The Morgan fingerprint density at radius 3 is 2.27 bits per heavy atom. The molecule has 3 aromatic rings. The van der Waals surface area contributed by atoms with Crippen LogP contribution in [0.5, 0.6) is 0 Å². The summed E-state index contributed by atoms with van der Waals surface area (Å²) in [6, 6.07) is 14.1. The van der Waals surface area contributed by atoms with Crippen LogP contribution in [0.4, 0.5) is 10.8 Å². The number of amides is 1. The highest BCUT2D eigenvalue weighted by atomic mass is 32.2. The molecule has 0 aliphatic carbocycles. The Morgan fingerprint density at radius 1 is 0.962 bits per heavy atom. The fraction of sp³-hybridized carbons (Fsp3) is 0.118. The largest absolute Gasteiger partial charge is 0.296 e. The number of nitrogens with zero attached hydrogens (tertiary/aromatic N) is 2. The number of aryl methyl sites for hydroxylation is 2. The third kappa shape index (κ3) is 3.89. The zero-order chi connectivity index (χ0) is 18.7. The maximum absolute atomic E-state index is 12.6. The van der Waals surface area contributed by atoms with Gasteiger partial charge in [-0.15, -0.1) is 10.2 Å². The average Bonchev–Trinajstić information content (AvgIpc) is 3.08. The van der Waals surface area contributed by atoms with E-state index in [4.69, 9.17) is 0 Å². The van der Waals surface area contributed by atoms with Gasteiger partial charge in [-0.3, -0.25) is 14.8 Å². The summed E-state index contributed by atoms with van der Waals surface area (Å²) in [6.45, 7) is 3.63. The van der Waals surface area contributed by atoms with E-state index in [2.05, 4.69) is 20.2 Å². The number of carbonyl (C=O) groups excluding carboxylic acids is 1. The van der Waals surface area contributed by atoms with Crippen LogP contribution >= 0.6 is 11.3 Å². The van der Waals surface area contributed by atoms with Crippen molar-refractivity contribution in [2.75, 3.05) is 10.0 Å². The highest BCUT2D eigenvalue weighted by Gasteiger charge is 2.22. The van der Waals surface area contributed by atoms with Crippen molar-refractivity contribution < 1.29 is 13.2 Å². The zero-order valence-electron chi connectivity index (χ0n) is 14.1. The molecule has 2 aromatic carbocycles. The highest BCUT2D eigenvalue weighted by molar-refractivity contribution is 7.94. The SMILES string of the molecule is Cc1cccc(C)c1NS(=O)(=O)c1nnc(NC(=O)c2ccccc2)s1. The quantitative estimate of drug-likeness (QED) is 0.654. The molecule has 0 aliphatic rings. The number of hydrogen-bond donors (Lipinski definition) is 2. The minimum absolute atomic E-state index is 0.112. The summed E-state index contributed by atoms with van der Waals surface area (Å²) in [5, 5.41) is 10.1. The van der Waals surface area contributed by atoms with Crippen molar-refractivity contribution >= 4 is 38.1 Å². The van der Waals surface area contributed by atoms with Crippen LogP contribution in [0.1, 0.15) is 21.5 Å². The first-order chi connectivity index (χ1) is 12.4. The van der Waals surface area contributed by atoms with Gasteiger partial charge in [-0.05, 0) is 37.1 Å². The topological polar surface area (TPSA) is 101 Å². The molecule has 2 N–H and O–H groups in total. The smallest absolute Gasteiger partial charge is 0.291 e.